The zero-order valence-corrected chi connectivity index (χ0v) is 15.3. The number of amides is 1. The Balaban J connectivity index is 1.93. The quantitative estimate of drug-likeness (QED) is 0.313. The van der Waals surface area contributed by atoms with Gasteiger partial charge in [-0.25, -0.2) is 4.79 Å². The lowest BCUT2D eigenvalue weighted by molar-refractivity contribution is -0.383. The number of anilines is 1. The number of phenols is 1. The molecular formula is C18H15ClN2O7. The highest BCUT2D eigenvalue weighted by atomic mass is 35.5. The van der Waals surface area contributed by atoms with Crippen molar-refractivity contribution in [3.63, 3.8) is 0 Å². The van der Waals surface area contributed by atoms with Gasteiger partial charge in [0.1, 0.15) is 5.69 Å². The lowest BCUT2D eigenvalue weighted by Gasteiger charge is -2.06. The fourth-order valence-electron chi connectivity index (χ4n) is 2.10. The fraction of sp³-hybridized carbons (Fsp3) is 0.111. The van der Waals surface area contributed by atoms with Gasteiger partial charge in [0, 0.05) is 17.2 Å². The van der Waals surface area contributed by atoms with Crippen LogP contribution in [0.5, 0.6) is 11.5 Å². The number of ether oxygens (including phenoxy) is 2. The van der Waals surface area contributed by atoms with Crippen LogP contribution in [0.3, 0.4) is 0 Å². The molecule has 146 valence electrons. The van der Waals surface area contributed by atoms with E-state index in [0.717, 1.165) is 12.1 Å². The highest BCUT2D eigenvalue weighted by Crippen LogP contribution is 2.28. The number of methoxy groups -OCH3 is 1. The van der Waals surface area contributed by atoms with Gasteiger partial charge in [-0.1, -0.05) is 17.7 Å². The van der Waals surface area contributed by atoms with Crippen LogP contribution in [0.2, 0.25) is 5.02 Å². The summed E-state index contributed by atoms with van der Waals surface area (Å²) >= 11 is 5.77. The fourth-order valence-corrected chi connectivity index (χ4v) is 2.27. The van der Waals surface area contributed by atoms with E-state index in [4.69, 9.17) is 21.1 Å². The Morgan fingerprint density at radius 1 is 1.29 bits per heavy atom. The van der Waals surface area contributed by atoms with E-state index < -0.39 is 23.4 Å². The van der Waals surface area contributed by atoms with E-state index >= 15 is 0 Å². The van der Waals surface area contributed by atoms with Crippen molar-refractivity contribution in [3.8, 4) is 11.5 Å². The average Bonchev–Trinajstić information content (AvgIpc) is 2.65. The van der Waals surface area contributed by atoms with Gasteiger partial charge >= 0.3 is 5.97 Å². The number of carbonyl (C=O) groups is 2. The van der Waals surface area contributed by atoms with Crippen molar-refractivity contribution in [1.29, 1.82) is 0 Å². The Kier molecular flexibility index (Phi) is 6.94. The Morgan fingerprint density at radius 2 is 2.04 bits per heavy atom. The number of esters is 1. The van der Waals surface area contributed by atoms with Gasteiger partial charge in [-0.05, 0) is 35.9 Å². The van der Waals surface area contributed by atoms with Gasteiger partial charge in [-0.3, -0.25) is 14.9 Å². The Morgan fingerprint density at radius 3 is 2.71 bits per heavy atom. The summed E-state index contributed by atoms with van der Waals surface area (Å²) in [5.41, 5.74) is 0.112. The van der Waals surface area contributed by atoms with Gasteiger partial charge in [0.25, 0.3) is 11.6 Å². The summed E-state index contributed by atoms with van der Waals surface area (Å²) in [5, 5.41) is 22.9. The second-order valence-electron chi connectivity index (χ2n) is 5.34. The summed E-state index contributed by atoms with van der Waals surface area (Å²) in [6.45, 7) is -0.647. The SMILES string of the molecule is COc1cc(/C=C/C(=O)OCC(=O)Nc2cc(Cl)ccc2[N+](=O)[O-])ccc1O. The van der Waals surface area contributed by atoms with Gasteiger partial charge in [0.15, 0.2) is 18.1 Å². The Labute approximate surface area is 164 Å². The highest BCUT2D eigenvalue weighted by molar-refractivity contribution is 6.31. The molecule has 0 spiro atoms. The number of nitrogens with zero attached hydrogens (tertiary/aromatic N) is 1. The van der Waals surface area contributed by atoms with Crippen LogP contribution >= 0.6 is 11.6 Å². The van der Waals surface area contributed by atoms with Crippen molar-refractivity contribution in [2.75, 3.05) is 19.0 Å². The minimum absolute atomic E-state index is 0.0472. The van der Waals surface area contributed by atoms with Crippen LogP contribution in [0.1, 0.15) is 5.56 Å². The van der Waals surface area contributed by atoms with Gasteiger partial charge in [0.2, 0.25) is 0 Å². The van der Waals surface area contributed by atoms with Crippen molar-refractivity contribution in [2.24, 2.45) is 0 Å². The van der Waals surface area contributed by atoms with Crippen LogP contribution in [0.15, 0.2) is 42.5 Å². The number of hydrogen-bond donors (Lipinski definition) is 2. The van der Waals surface area contributed by atoms with Gasteiger partial charge in [-0.15, -0.1) is 0 Å². The Hall–Kier alpha value is -3.59. The second-order valence-corrected chi connectivity index (χ2v) is 5.78. The van der Waals surface area contributed by atoms with E-state index in [9.17, 15) is 24.8 Å². The molecule has 0 aliphatic heterocycles. The number of aromatic hydroxyl groups is 1. The predicted octanol–water partition coefficient (Wildman–Crippen LogP) is 3.16. The molecule has 0 aliphatic rings. The standard InChI is InChI=1S/C18H15ClN2O7/c1-27-16-8-11(2-6-15(16)22)3-7-18(24)28-10-17(23)20-13-9-12(19)4-5-14(13)21(25)26/h2-9,22H,10H2,1H3,(H,20,23)/b7-3+. The molecule has 10 heteroatoms. The van der Waals surface area contributed by atoms with Crippen molar-refractivity contribution >= 4 is 40.9 Å². The first-order valence-electron chi connectivity index (χ1n) is 7.76. The molecule has 2 N–H and O–H groups in total. The maximum Gasteiger partial charge on any atom is 0.331 e. The predicted molar refractivity (Wildman–Crippen MR) is 101 cm³/mol. The lowest BCUT2D eigenvalue weighted by atomic mass is 10.2. The zero-order valence-electron chi connectivity index (χ0n) is 14.5. The van der Waals surface area contributed by atoms with E-state index in [0.29, 0.717) is 5.56 Å². The molecule has 0 atom stereocenters. The monoisotopic (exact) mass is 406 g/mol. The molecule has 0 saturated heterocycles. The minimum Gasteiger partial charge on any atom is -0.504 e. The topological polar surface area (TPSA) is 128 Å². The molecule has 0 unspecified atom stereocenters. The maximum absolute atomic E-state index is 11.9. The molecule has 0 aromatic heterocycles. The molecule has 0 bridgehead atoms. The first kappa shape index (κ1) is 20.7. The number of nitrogens with one attached hydrogen (secondary N) is 1. The van der Waals surface area contributed by atoms with E-state index in [2.05, 4.69) is 5.32 Å². The molecule has 2 aromatic carbocycles. The van der Waals surface area contributed by atoms with Crippen molar-refractivity contribution in [1.82, 2.24) is 0 Å². The third kappa shape index (κ3) is 5.71. The minimum atomic E-state index is -0.803. The molecule has 9 nitrogen and oxygen atoms in total. The number of phenolic OH excluding ortho intramolecular Hbond substituents is 1. The zero-order chi connectivity index (χ0) is 20.7. The van der Waals surface area contributed by atoms with Crippen LogP contribution < -0.4 is 10.1 Å². The number of nitro benzene ring substituents is 1. The molecular weight excluding hydrogens is 392 g/mol. The van der Waals surface area contributed by atoms with Gasteiger partial charge in [-0.2, -0.15) is 0 Å². The number of halogens is 1. The number of benzene rings is 2. The van der Waals surface area contributed by atoms with Crippen molar-refractivity contribution in [3.05, 3.63) is 63.2 Å². The second kappa shape index (κ2) is 9.38. The van der Waals surface area contributed by atoms with E-state index in [-0.39, 0.29) is 27.9 Å². The summed E-state index contributed by atoms with van der Waals surface area (Å²) in [6, 6.07) is 8.14. The smallest absolute Gasteiger partial charge is 0.331 e. The molecule has 0 saturated carbocycles. The Bertz CT molecular complexity index is 944. The first-order chi connectivity index (χ1) is 13.3. The molecule has 0 aliphatic carbocycles. The number of nitro groups is 1. The van der Waals surface area contributed by atoms with Crippen LogP contribution in [0.4, 0.5) is 11.4 Å². The maximum atomic E-state index is 11.9. The normalized spacial score (nSPS) is 10.5. The van der Waals surface area contributed by atoms with E-state index in [1.165, 1.54) is 37.5 Å². The molecule has 28 heavy (non-hydrogen) atoms. The van der Waals surface area contributed by atoms with Crippen LogP contribution in [-0.4, -0.2) is 35.6 Å². The summed E-state index contributed by atoms with van der Waals surface area (Å²) in [5.74, 6) is -1.38. The van der Waals surface area contributed by atoms with Gasteiger partial charge in [0.05, 0.1) is 12.0 Å². The third-order valence-electron chi connectivity index (χ3n) is 3.39. The van der Waals surface area contributed by atoms with Crippen molar-refractivity contribution < 1.29 is 29.1 Å². The number of carbonyl (C=O) groups excluding carboxylic acids is 2. The summed E-state index contributed by atoms with van der Waals surface area (Å²) in [6.07, 6.45) is 2.49. The molecule has 2 rings (SSSR count). The molecule has 0 fully saturated rings. The molecule has 0 radical (unpaired) electrons. The molecule has 1 amide bonds. The number of hydrogen-bond acceptors (Lipinski definition) is 7. The van der Waals surface area contributed by atoms with Crippen LogP contribution in [0, 0.1) is 10.1 Å². The summed E-state index contributed by atoms with van der Waals surface area (Å²) < 4.78 is 9.74. The van der Waals surface area contributed by atoms with Crippen molar-refractivity contribution in [2.45, 2.75) is 0 Å². The van der Waals surface area contributed by atoms with Gasteiger partial charge < -0.3 is 19.9 Å². The highest BCUT2D eigenvalue weighted by Gasteiger charge is 2.16. The van der Waals surface area contributed by atoms with E-state index in [1.54, 1.807) is 6.07 Å². The largest absolute Gasteiger partial charge is 0.504 e. The number of rotatable bonds is 7. The van der Waals surface area contributed by atoms with Crippen LogP contribution in [-0.2, 0) is 14.3 Å². The molecule has 2 aromatic rings. The first-order valence-corrected chi connectivity index (χ1v) is 8.13. The average molecular weight is 407 g/mol. The third-order valence-corrected chi connectivity index (χ3v) is 3.63. The van der Waals surface area contributed by atoms with Crippen LogP contribution in [0.25, 0.3) is 6.08 Å². The molecule has 0 heterocycles. The summed E-state index contributed by atoms with van der Waals surface area (Å²) in [4.78, 5) is 33.9. The lowest BCUT2D eigenvalue weighted by Crippen LogP contribution is -2.20. The van der Waals surface area contributed by atoms with E-state index in [1.807, 2.05) is 0 Å². The summed E-state index contributed by atoms with van der Waals surface area (Å²) in [7, 11) is 1.39.